The lowest BCUT2D eigenvalue weighted by molar-refractivity contribution is -0.120. The van der Waals surface area contributed by atoms with E-state index in [4.69, 9.17) is 21.1 Å². The van der Waals surface area contributed by atoms with Gasteiger partial charge in [-0.25, -0.2) is 8.42 Å². The van der Waals surface area contributed by atoms with E-state index >= 15 is 0 Å². The van der Waals surface area contributed by atoms with Gasteiger partial charge in [0.25, 0.3) is 10.0 Å². The Bertz CT molecular complexity index is 1420. The number of benzene rings is 3. The topological polar surface area (TPSA) is 84.9 Å². The van der Waals surface area contributed by atoms with Gasteiger partial charge in [0.05, 0.1) is 23.7 Å². The van der Waals surface area contributed by atoms with Crippen molar-refractivity contribution in [1.29, 1.82) is 0 Å². The van der Waals surface area contributed by atoms with Crippen LogP contribution >= 0.6 is 11.6 Å². The molecule has 0 bridgehead atoms. The molecule has 1 amide bonds. The number of halogens is 1. The van der Waals surface area contributed by atoms with Crippen LogP contribution in [-0.2, 0) is 14.8 Å². The second-order valence-corrected chi connectivity index (χ2v) is 12.1. The van der Waals surface area contributed by atoms with Crippen molar-refractivity contribution in [1.82, 2.24) is 5.32 Å². The fraction of sp³-hybridized carbons (Fsp3) is 0.321. The molecule has 1 atom stereocenters. The van der Waals surface area contributed by atoms with E-state index in [9.17, 15) is 13.2 Å². The molecule has 3 aromatic rings. The minimum Gasteiger partial charge on any atom is -0.497 e. The van der Waals surface area contributed by atoms with Gasteiger partial charge in [0, 0.05) is 17.0 Å². The summed E-state index contributed by atoms with van der Waals surface area (Å²) in [6.07, 6.45) is 0.500. The zero-order chi connectivity index (χ0) is 27.0. The standard InChI is InChI=1S/C28H31ClN2O5S/c1-18-6-11-22(12-7-18)37(33,34)31(25-14-20(29)9-8-19(25)2)17-27(32)30-24-16-28(3,4)36-26-13-10-21(35-5)15-23(24)26/h6-15,24H,16-17H2,1-5H3,(H,30,32). The Labute approximate surface area is 223 Å². The minimum absolute atomic E-state index is 0.0903. The number of fused-ring (bicyclic) bond motifs is 1. The minimum atomic E-state index is -4.07. The summed E-state index contributed by atoms with van der Waals surface area (Å²) in [5, 5.41) is 3.41. The average molecular weight is 543 g/mol. The van der Waals surface area contributed by atoms with Crippen LogP contribution in [0.1, 0.15) is 43.0 Å². The first-order chi connectivity index (χ1) is 17.4. The average Bonchev–Trinajstić information content (AvgIpc) is 2.83. The molecule has 4 rings (SSSR count). The van der Waals surface area contributed by atoms with Crippen LogP contribution in [0.2, 0.25) is 5.02 Å². The predicted octanol–water partition coefficient (Wildman–Crippen LogP) is 5.58. The Morgan fingerprint density at radius 2 is 1.81 bits per heavy atom. The third-order valence-electron chi connectivity index (χ3n) is 6.35. The van der Waals surface area contributed by atoms with E-state index in [-0.39, 0.29) is 4.90 Å². The smallest absolute Gasteiger partial charge is 0.264 e. The van der Waals surface area contributed by atoms with Gasteiger partial charge >= 0.3 is 0 Å². The monoisotopic (exact) mass is 542 g/mol. The number of ether oxygens (including phenoxy) is 2. The molecular formula is C28H31ClN2O5S. The molecule has 1 aliphatic heterocycles. The molecule has 1 N–H and O–H groups in total. The number of rotatable bonds is 7. The molecule has 0 fully saturated rings. The third-order valence-corrected chi connectivity index (χ3v) is 8.35. The summed E-state index contributed by atoms with van der Waals surface area (Å²) in [5.41, 5.74) is 2.20. The van der Waals surface area contributed by atoms with Gasteiger partial charge < -0.3 is 14.8 Å². The van der Waals surface area contributed by atoms with Crippen LogP contribution < -0.4 is 19.1 Å². The van der Waals surface area contributed by atoms with Crippen molar-refractivity contribution in [2.45, 2.75) is 50.7 Å². The molecule has 3 aromatic carbocycles. The molecule has 1 unspecified atom stereocenters. The number of hydrogen-bond donors (Lipinski definition) is 1. The normalized spacial score (nSPS) is 16.3. The Kier molecular flexibility index (Phi) is 7.44. The predicted molar refractivity (Wildman–Crippen MR) is 145 cm³/mol. The van der Waals surface area contributed by atoms with E-state index in [2.05, 4.69) is 5.32 Å². The Hall–Kier alpha value is -3.23. The lowest BCUT2D eigenvalue weighted by Gasteiger charge is -2.38. The summed E-state index contributed by atoms with van der Waals surface area (Å²) in [6.45, 7) is 7.13. The fourth-order valence-corrected chi connectivity index (χ4v) is 6.09. The molecule has 1 aliphatic rings. The van der Waals surface area contributed by atoms with Crippen LogP contribution in [0, 0.1) is 13.8 Å². The molecule has 37 heavy (non-hydrogen) atoms. The zero-order valence-corrected chi connectivity index (χ0v) is 23.1. The summed E-state index contributed by atoms with van der Waals surface area (Å²) in [7, 11) is -2.50. The number of aryl methyl sites for hydroxylation is 2. The maximum absolute atomic E-state index is 13.8. The Morgan fingerprint density at radius 1 is 1.11 bits per heavy atom. The first-order valence-corrected chi connectivity index (χ1v) is 13.7. The summed E-state index contributed by atoms with van der Waals surface area (Å²) in [6, 6.07) is 16.6. The van der Waals surface area contributed by atoms with Crippen LogP contribution in [0.3, 0.4) is 0 Å². The van der Waals surface area contributed by atoms with E-state index in [0.717, 1.165) is 15.4 Å². The number of nitrogens with one attached hydrogen (secondary N) is 1. The van der Waals surface area contributed by atoms with Crippen LogP contribution in [0.15, 0.2) is 65.6 Å². The lowest BCUT2D eigenvalue weighted by Crippen LogP contribution is -2.45. The van der Waals surface area contributed by atoms with Crippen molar-refractivity contribution in [2.75, 3.05) is 18.0 Å². The molecule has 0 saturated heterocycles. The van der Waals surface area contributed by atoms with E-state index in [1.807, 2.05) is 32.9 Å². The third kappa shape index (κ3) is 5.86. The molecule has 0 aliphatic carbocycles. The quantitative estimate of drug-likeness (QED) is 0.421. The second kappa shape index (κ2) is 10.3. The van der Waals surface area contributed by atoms with Gasteiger partial charge in [-0.15, -0.1) is 0 Å². The molecule has 1 heterocycles. The van der Waals surface area contributed by atoms with E-state index in [1.165, 1.54) is 0 Å². The molecule has 0 aromatic heterocycles. The summed E-state index contributed by atoms with van der Waals surface area (Å²) >= 11 is 6.24. The molecule has 7 nitrogen and oxygen atoms in total. The summed E-state index contributed by atoms with van der Waals surface area (Å²) in [5.74, 6) is 0.836. The van der Waals surface area contributed by atoms with Gasteiger partial charge in [-0.3, -0.25) is 9.10 Å². The first kappa shape index (κ1) is 26.8. The number of anilines is 1. The lowest BCUT2D eigenvalue weighted by atomic mass is 9.89. The Balaban J connectivity index is 1.69. The molecule has 196 valence electrons. The second-order valence-electron chi connectivity index (χ2n) is 9.85. The van der Waals surface area contributed by atoms with Crippen LogP contribution in [0.25, 0.3) is 0 Å². The number of nitrogens with zero attached hydrogens (tertiary/aromatic N) is 1. The maximum atomic E-state index is 13.8. The van der Waals surface area contributed by atoms with Crippen molar-refractivity contribution in [3.05, 3.63) is 82.4 Å². The van der Waals surface area contributed by atoms with Crippen molar-refractivity contribution in [3.8, 4) is 11.5 Å². The van der Waals surface area contributed by atoms with Crippen LogP contribution in [-0.4, -0.2) is 33.6 Å². The van der Waals surface area contributed by atoms with E-state index in [0.29, 0.717) is 34.2 Å². The molecule has 9 heteroatoms. The first-order valence-electron chi connectivity index (χ1n) is 11.9. The van der Waals surface area contributed by atoms with Gasteiger partial charge in [-0.1, -0.05) is 35.4 Å². The largest absolute Gasteiger partial charge is 0.497 e. The van der Waals surface area contributed by atoms with Gasteiger partial charge in [0.2, 0.25) is 5.91 Å². The van der Waals surface area contributed by atoms with Gasteiger partial charge in [0.1, 0.15) is 23.6 Å². The van der Waals surface area contributed by atoms with Crippen LogP contribution in [0.4, 0.5) is 5.69 Å². The van der Waals surface area contributed by atoms with Crippen LogP contribution in [0.5, 0.6) is 11.5 Å². The highest BCUT2D eigenvalue weighted by atomic mass is 35.5. The van der Waals surface area contributed by atoms with E-state index < -0.39 is 34.1 Å². The maximum Gasteiger partial charge on any atom is 0.264 e. The van der Waals surface area contributed by atoms with Gasteiger partial charge in [-0.05, 0) is 75.7 Å². The highest BCUT2D eigenvalue weighted by molar-refractivity contribution is 7.92. The fourth-order valence-electron chi connectivity index (χ4n) is 4.45. The van der Waals surface area contributed by atoms with Gasteiger partial charge in [-0.2, -0.15) is 0 Å². The van der Waals surface area contributed by atoms with Gasteiger partial charge in [0.15, 0.2) is 0 Å². The molecule has 0 saturated carbocycles. The van der Waals surface area contributed by atoms with E-state index in [1.54, 1.807) is 62.6 Å². The SMILES string of the molecule is COc1ccc2c(c1)C(NC(=O)CN(c1cc(Cl)ccc1C)S(=O)(=O)c1ccc(C)cc1)CC(C)(C)O2. The molecule has 0 radical (unpaired) electrons. The summed E-state index contributed by atoms with van der Waals surface area (Å²) < 4.78 is 40.2. The molecular weight excluding hydrogens is 512 g/mol. The summed E-state index contributed by atoms with van der Waals surface area (Å²) in [4.78, 5) is 13.6. The highest BCUT2D eigenvalue weighted by Gasteiger charge is 2.36. The zero-order valence-electron chi connectivity index (χ0n) is 21.5. The van der Waals surface area contributed by atoms with Crippen molar-refractivity contribution in [3.63, 3.8) is 0 Å². The number of methoxy groups -OCH3 is 1. The number of carbonyl (C=O) groups is 1. The number of hydrogen-bond acceptors (Lipinski definition) is 5. The Morgan fingerprint density at radius 3 is 2.49 bits per heavy atom. The number of sulfonamides is 1. The molecule has 0 spiro atoms. The van der Waals surface area contributed by atoms with Crippen molar-refractivity contribution in [2.24, 2.45) is 0 Å². The highest BCUT2D eigenvalue weighted by Crippen LogP contribution is 2.41. The number of carbonyl (C=O) groups excluding carboxylic acids is 1. The van der Waals surface area contributed by atoms with Crippen molar-refractivity contribution >= 4 is 33.2 Å². The van der Waals surface area contributed by atoms with Crippen molar-refractivity contribution < 1.29 is 22.7 Å². The number of amides is 1.